The average Bonchev–Trinajstić information content (AvgIpc) is 3.54. The zero-order chi connectivity index (χ0) is 21.0. The molecule has 1 aromatic carbocycles. The summed E-state index contributed by atoms with van der Waals surface area (Å²) >= 11 is 0. The van der Waals surface area contributed by atoms with E-state index in [-0.39, 0.29) is 47.1 Å². The Labute approximate surface area is 172 Å². The molecule has 3 aliphatic rings. The van der Waals surface area contributed by atoms with Gasteiger partial charge in [-0.1, -0.05) is 39.8 Å². The number of halogens is 1. The summed E-state index contributed by atoms with van der Waals surface area (Å²) in [5.74, 6) is -0.0846. The fraction of sp³-hybridized carbons (Fsp3) is 0.652. The second-order valence-corrected chi connectivity index (χ2v) is 10.4. The van der Waals surface area contributed by atoms with E-state index in [2.05, 4.69) is 22.9 Å². The lowest BCUT2D eigenvalue weighted by Gasteiger charge is -2.36. The van der Waals surface area contributed by atoms with Gasteiger partial charge in [0.2, 0.25) is 11.8 Å². The van der Waals surface area contributed by atoms with Crippen LogP contribution < -0.4 is 16.0 Å². The minimum absolute atomic E-state index is 0.0414. The minimum atomic E-state index is -0.561. The van der Waals surface area contributed by atoms with E-state index in [0.29, 0.717) is 5.92 Å². The molecule has 2 saturated carbocycles. The topological polar surface area (TPSA) is 70.2 Å². The first-order valence-corrected chi connectivity index (χ1v) is 10.7. The molecule has 3 atom stereocenters. The highest BCUT2D eigenvalue weighted by molar-refractivity contribution is 5.89. The van der Waals surface area contributed by atoms with Crippen molar-refractivity contribution in [3.05, 3.63) is 35.1 Å². The van der Waals surface area contributed by atoms with Crippen LogP contribution in [0.15, 0.2) is 18.2 Å². The molecule has 0 spiro atoms. The molecule has 2 aliphatic carbocycles. The van der Waals surface area contributed by atoms with Crippen LogP contribution in [0.4, 0.5) is 4.39 Å². The van der Waals surface area contributed by atoms with Gasteiger partial charge in [0.05, 0.1) is 24.7 Å². The summed E-state index contributed by atoms with van der Waals surface area (Å²) in [5.41, 5.74) is 1.17. The predicted molar refractivity (Wildman–Crippen MR) is 110 cm³/mol. The standard InChI is InChI=1S/C23H32FN3O2/c1-22(2,3)19(14-7-8-15(16(24)11-14)23(4)9-10-23)27-21(29)17-12-18(28)26-20(25-17)13-5-6-13/h7-8,11,13,17,19-20,25H,5-6,9-10,12H2,1-4H3,(H,26,28)(H,27,29). The summed E-state index contributed by atoms with van der Waals surface area (Å²) in [6.45, 7) is 8.17. The monoisotopic (exact) mass is 401 g/mol. The van der Waals surface area contributed by atoms with Crippen LogP contribution in [-0.4, -0.2) is 24.0 Å². The van der Waals surface area contributed by atoms with Gasteiger partial charge in [-0.15, -0.1) is 0 Å². The first-order chi connectivity index (χ1) is 13.6. The first kappa shape index (κ1) is 20.3. The fourth-order valence-corrected chi connectivity index (χ4v) is 4.29. The van der Waals surface area contributed by atoms with Crippen molar-refractivity contribution in [1.29, 1.82) is 0 Å². The highest BCUT2D eigenvalue weighted by Crippen LogP contribution is 2.49. The van der Waals surface area contributed by atoms with Gasteiger partial charge in [0.15, 0.2) is 0 Å². The van der Waals surface area contributed by atoms with E-state index in [9.17, 15) is 14.0 Å². The zero-order valence-corrected chi connectivity index (χ0v) is 17.8. The van der Waals surface area contributed by atoms with E-state index in [1.165, 1.54) is 0 Å². The van der Waals surface area contributed by atoms with Gasteiger partial charge in [0, 0.05) is 0 Å². The number of nitrogens with one attached hydrogen (secondary N) is 3. The summed E-state index contributed by atoms with van der Waals surface area (Å²) in [6, 6.07) is 4.47. The Kier molecular flexibility index (Phi) is 4.96. The van der Waals surface area contributed by atoms with Gasteiger partial charge in [-0.2, -0.15) is 0 Å². The molecule has 0 bridgehead atoms. The predicted octanol–water partition coefficient (Wildman–Crippen LogP) is 3.29. The molecular formula is C23H32FN3O2. The molecule has 3 N–H and O–H groups in total. The molecule has 1 saturated heterocycles. The third-order valence-corrected chi connectivity index (χ3v) is 6.63. The zero-order valence-electron chi connectivity index (χ0n) is 17.8. The molecule has 4 rings (SSSR count). The molecule has 158 valence electrons. The summed E-state index contributed by atoms with van der Waals surface area (Å²) in [5, 5.41) is 9.31. The Morgan fingerprint density at radius 2 is 1.97 bits per heavy atom. The molecule has 2 amide bonds. The van der Waals surface area contributed by atoms with Gasteiger partial charge >= 0.3 is 0 Å². The molecule has 1 aliphatic heterocycles. The van der Waals surface area contributed by atoms with Crippen LogP contribution in [0, 0.1) is 17.2 Å². The smallest absolute Gasteiger partial charge is 0.238 e. The molecule has 0 aromatic heterocycles. The van der Waals surface area contributed by atoms with Crippen molar-refractivity contribution in [2.45, 2.75) is 83.5 Å². The van der Waals surface area contributed by atoms with Crippen molar-refractivity contribution in [2.24, 2.45) is 11.3 Å². The summed E-state index contributed by atoms with van der Waals surface area (Å²) in [6.07, 6.45) is 4.16. The Hall–Kier alpha value is -1.95. The fourth-order valence-electron chi connectivity index (χ4n) is 4.29. The van der Waals surface area contributed by atoms with Gasteiger partial charge in [0.1, 0.15) is 5.82 Å². The van der Waals surface area contributed by atoms with Crippen molar-refractivity contribution < 1.29 is 14.0 Å². The van der Waals surface area contributed by atoms with E-state index in [1.54, 1.807) is 6.07 Å². The summed E-state index contributed by atoms with van der Waals surface area (Å²) in [4.78, 5) is 25.1. The Morgan fingerprint density at radius 1 is 1.28 bits per heavy atom. The van der Waals surface area contributed by atoms with Gasteiger partial charge < -0.3 is 10.6 Å². The number of amides is 2. The Morgan fingerprint density at radius 3 is 2.52 bits per heavy atom. The van der Waals surface area contributed by atoms with Crippen molar-refractivity contribution in [2.75, 3.05) is 0 Å². The van der Waals surface area contributed by atoms with Gasteiger partial charge in [-0.25, -0.2) is 4.39 Å². The van der Waals surface area contributed by atoms with Crippen LogP contribution in [0.3, 0.4) is 0 Å². The van der Waals surface area contributed by atoms with Gasteiger partial charge in [-0.3, -0.25) is 14.9 Å². The molecule has 6 heteroatoms. The second kappa shape index (κ2) is 7.08. The maximum atomic E-state index is 14.8. The van der Waals surface area contributed by atoms with Crippen LogP contribution in [0.25, 0.3) is 0 Å². The largest absolute Gasteiger partial charge is 0.347 e. The van der Waals surface area contributed by atoms with E-state index in [0.717, 1.165) is 36.8 Å². The maximum absolute atomic E-state index is 14.8. The minimum Gasteiger partial charge on any atom is -0.347 e. The van der Waals surface area contributed by atoms with Crippen LogP contribution in [-0.2, 0) is 15.0 Å². The summed E-state index contributed by atoms with van der Waals surface area (Å²) < 4.78 is 14.8. The molecule has 1 aromatic rings. The average molecular weight is 402 g/mol. The molecule has 3 fully saturated rings. The second-order valence-electron chi connectivity index (χ2n) is 10.4. The van der Waals surface area contributed by atoms with Crippen LogP contribution >= 0.6 is 0 Å². The number of carbonyl (C=O) groups is 2. The van der Waals surface area contributed by atoms with Crippen LogP contribution in [0.5, 0.6) is 0 Å². The van der Waals surface area contributed by atoms with E-state index < -0.39 is 6.04 Å². The van der Waals surface area contributed by atoms with Crippen molar-refractivity contribution >= 4 is 11.8 Å². The molecule has 29 heavy (non-hydrogen) atoms. The molecule has 1 heterocycles. The number of hydrogen-bond acceptors (Lipinski definition) is 3. The third-order valence-electron chi connectivity index (χ3n) is 6.63. The van der Waals surface area contributed by atoms with Crippen molar-refractivity contribution in [1.82, 2.24) is 16.0 Å². The lowest BCUT2D eigenvalue weighted by Crippen LogP contribution is -2.62. The van der Waals surface area contributed by atoms with Crippen molar-refractivity contribution in [3.8, 4) is 0 Å². The van der Waals surface area contributed by atoms with E-state index in [1.807, 2.05) is 32.9 Å². The lowest BCUT2D eigenvalue weighted by molar-refractivity contribution is -0.132. The highest BCUT2D eigenvalue weighted by atomic mass is 19.1. The van der Waals surface area contributed by atoms with Gasteiger partial charge in [0.25, 0.3) is 0 Å². The molecule has 5 nitrogen and oxygen atoms in total. The normalized spacial score (nSPS) is 27.1. The number of carbonyl (C=O) groups excluding carboxylic acids is 2. The SMILES string of the molecule is CC1(c2ccc(C(NC(=O)C3CC(=O)NC(C4CC4)N3)C(C)(C)C)cc2F)CC1. The lowest BCUT2D eigenvalue weighted by atomic mass is 9.81. The quantitative estimate of drug-likeness (QED) is 0.709. The Bertz CT molecular complexity index is 824. The van der Waals surface area contributed by atoms with Crippen molar-refractivity contribution in [3.63, 3.8) is 0 Å². The van der Waals surface area contributed by atoms with E-state index in [4.69, 9.17) is 0 Å². The first-order valence-electron chi connectivity index (χ1n) is 10.7. The van der Waals surface area contributed by atoms with Crippen LogP contribution in [0.2, 0.25) is 0 Å². The summed E-state index contributed by atoms with van der Waals surface area (Å²) in [7, 11) is 0. The molecule has 3 unspecified atom stereocenters. The van der Waals surface area contributed by atoms with Gasteiger partial charge in [-0.05, 0) is 59.6 Å². The van der Waals surface area contributed by atoms with E-state index >= 15 is 0 Å². The van der Waals surface area contributed by atoms with Crippen LogP contribution in [0.1, 0.15) is 77.0 Å². The Balaban J connectivity index is 1.52. The molecule has 0 radical (unpaired) electrons. The number of hydrogen-bond donors (Lipinski definition) is 3. The maximum Gasteiger partial charge on any atom is 0.238 e. The third kappa shape index (κ3) is 4.32. The number of rotatable bonds is 5. The highest BCUT2D eigenvalue weighted by Gasteiger charge is 2.42. The molecular weight excluding hydrogens is 369 g/mol. The number of benzene rings is 1.